The van der Waals surface area contributed by atoms with Gasteiger partial charge in [0.05, 0.1) is 6.10 Å². The van der Waals surface area contributed by atoms with Gasteiger partial charge in [0.1, 0.15) is 0 Å². The maximum Gasteiger partial charge on any atom is 0.158 e. The molecular weight excluding hydrogens is 404 g/mol. The lowest BCUT2D eigenvalue weighted by atomic mass is 9.47. The van der Waals surface area contributed by atoms with Gasteiger partial charge >= 0.3 is 0 Å². The van der Waals surface area contributed by atoms with Crippen LogP contribution < -0.4 is 0 Å². The molecule has 3 fully saturated rings. The molecule has 0 spiro atoms. The molecule has 4 rings (SSSR count). The Bertz CT molecular complexity index is 780. The summed E-state index contributed by atoms with van der Waals surface area (Å²) in [5, 5.41) is 10.3. The highest BCUT2D eigenvalue weighted by molar-refractivity contribution is 5.94. The normalized spacial score (nSPS) is 41.9. The number of Topliss-reactive ketones (excluding diaryl/α,β-unsaturated/α-hetero) is 1. The highest BCUT2D eigenvalue weighted by Gasteiger charge is 2.59. The van der Waals surface area contributed by atoms with Crippen molar-refractivity contribution in [1.82, 2.24) is 0 Å². The standard InChI is InChI=1S/C31H50O2/c1-20(2)29(33)18-21(3)8-7-9-22(4)26-12-13-27-25-11-10-23-19-24(32)14-16-30(23,5)28(25)15-17-31(26,27)6/h10,21-22,24-28,32H,1,7-9,11-19H2,2-6H3/t21?,22-,24+,25+,26-,27+,28+,30+,31-/m1/s1. The minimum Gasteiger partial charge on any atom is -0.393 e. The van der Waals surface area contributed by atoms with E-state index in [1.807, 2.05) is 6.92 Å². The highest BCUT2D eigenvalue weighted by Crippen LogP contribution is 2.67. The third kappa shape index (κ3) is 4.67. The summed E-state index contributed by atoms with van der Waals surface area (Å²) in [5.41, 5.74) is 3.16. The van der Waals surface area contributed by atoms with Crippen LogP contribution in [0.5, 0.6) is 0 Å². The van der Waals surface area contributed by atoms with E-state index in [1.165, 1.54) is 57.8 Å². The monoisotopic (exact) mass is 454 g/mol. The van der Waals surface area contributed by atoms with Crippen LogP contribution in [0.15, 0.2) is 23.8 Å². The fourth-order valence-electron chi connectivity index (χ4n) is 9.20. The Morgan fingerprint density at radius 1 is 1.12 bits per heavy atom. The molecule has 3 saturated carbocycles. The topological polar surface area (TPSA) is 37.3 Å². The smallest absolute Gasteiger partial charge is 0.158 e. The first-order valence-corrected chi connectivity index (χ1v) is 14.1. The van der Waals surface area contributed by atoms with E-state index in [-0.39, 0.29) is 11.9 Å². The van der Waals surface area contributed by atoms with Gasteiger partial charge in [0.25, 0.3) is 0 Å². The molecular formula is C31H50O2. The number of carbonyl (C=O) groups is 1. The van der Waals surface area contributed by atoms with Gasteiger partial charge in [-0.2, -0.15) is 0 Å². The zero-order valence-electron chi connectivity index (χ0n) is 22.2. The summed E-state index contributed by atoms with van der Waals surface area (Å²) in [6.45, 7) is 15.6. The lowest BCUT2D eigenvalue weighted by Gasteiger charge is -2.58. The molecule has 1 N–H and O–H groups in total. The van der Waals surface area contributed by atoms with Crippen molar-refractivity contribution in [1.29, 1.82) is 0 Å². The van der Waals surface area contributed by atoms with Crippen LogP contribution in [0.1, 0.15) is 112 Å². The second kappa shape index (κ2) is 9.63. The predicted octanol–water partition coefficient (Wildman–Crippen LogP) is 7.90. The maximum absolute atomic E-state index is 12.0. The van der Waals surface area contributed by atoms with Crippen LogP contribution in [0.25, 0.3) is 0 Å². The lowest BCUT2D eigenvalue weighted by Crippen LogP contribution is -2.50. The SMILES string of the molecule is C=C(C)C(=O)CC(C)CCC[C@@H](C)[C@H]1CC[C@H]2[C@@H]3CC=C4C[C@@H](O)CC[C@]4(C)[C@H]3CC[C@]12C. The molecule has 1 unspecified atom stereocenters. The summed E-state index contributed by atoms with van der Waals surface area (Å²) in [5.74, 6) is 4.95. The van der Waals surface area contributed by atoms with Crippen molar-refractivity contribution in [3.63, 3.8) is 0 Å². The van der Waals surface area contributed by atoms with Crippen LogP contribution in [-0.2, 0) is 4.79 Å². The molecule has 0 saturated heterocycles. The Hall–Kier alpha value is -0.890. The molecule has 2 heteroatoms. The van der Waals surface area contributed by atoms with Crippen molar-refractivity contribution >= 4 is 5.78 Å². The van der Waals surface area contributed by atoms with Gasteiger partial charge in [-0.3, -0.25) is 4.79 Å². The van der Waals surface area contributed by atoms with Gasteiger partial charge in [-0.05, 0) is 110 Å². The second-order valence-electron chi connectivity index (χ2n) is 13.3. The maximum atomic E-state index is 12.0. The van der Waals surface area contributed by atoms with Gasteiger partial charge in [0.15, 0.2) is 5.78 Å². The van der Waals surface area contributed by atoms with Crippen molar-refractivity contribution in [2.75, 3.05) is 0 Å². The fraction of sp³-hybridized carbons (Fsp3) is 0.839. The van der Waals surface area contributed by atoms with E-state index in [2.05, 4.69) is 40.3 Å². The lowest BCUT2D eigenvalue weighted by molar-refractivity contribution is -0.116. The van der Waals surface area contributed by atoms with Gasteiger partial charge in [0.2, 0.25) is 0 Å². The fourth-order valence-corrected chi connectivity index (χ4v) is 9.20. The van der Waals surface area contributed by atoms with E-state index in [9.17, 15) is 9.90 Å². The number of aliphatic hydroxyl groups is 1. The third-order valence-corrected chi connectivity index (χ3v) is 11.2. The summed E-state index contributed by atoms with van der Waals surface area (Å²) in [6.07, 6.45) is 16.9. The van der Waals surface area contributed by atoms with Crippen molar-refractivity contribution < 1.29 is 9.90 Å². The van der Waals surface area contributed by atoms with Crippen LogP contribution in [-0.4, -0.2) is 17.0 Å². The zero-order chi connectivity index (χ0) is 24.0. The van der Waals surface area contributed by atoms with Crippen LogP contribution in [0.3, 0.4) is 0 Å². The summed E-state index contributed by atoms with van der Waals surface area (Å²) < 4.78 is 0. The Kier molecular flexibility index (Phi) is 7.36. The van der Waals surface area contributed by atoms with Gasteiger partial charge in [-0.25, -0.2) is 0 Å². The summed E-state index contributed by atoms with van der Waals surface area (Å²) in [6, 6.07) is 0. The van der Waals surface area contributed by atoms with Crippen molar-refractivity contribution in [2.45, 2.75) is 118 Å². The van der Waals surface area contributed by atoms with E-state index in [4.69, 9.17) is 0 Å². The molecule has 2 nitrogen and oxygen atoms in total. The molecule has 0 aromatic heterocycles. The summed E-state index contributed by atoms with van der Waals surface area (Å²) in [7, 11) is 0. The summed E-state index contributed by atoms with van der Waals surface area (Å²) >= 11 is 0. The number of allylic oxidation sites excluding steroid dienone is 2. The van der Waals surface area contributed by atoms with Crippen LogP contribution in [0.2, 0.25) is 0 Å². The number of ketones is 1. The second-order valence-corrected chi connectivity index (χ2v) is 13.3. The number of rotatable bonds is 8. The third-order valence-electron chi connectivity index (χ3n) is 11.2. The number of aliphatic hydroxyl groups excluding tert-OH is 1. The van der Waals surface area contributed by atoms with E-state index < -0.39 is 0 Å². The largest absolute Gasteiger partial charge is 0.393 e. The first-order chi connectivity index (χ1) is 15.6. The Balaban J connectivity index is 1.37. The van der Waals surface area contributed by atoms with Crippen LogP contribution in [0.4, 0.5) is 0 Å². The molecule has 33 heavy (non-hydrogen) atoms. The molecule has 0 heterocycles. The Morgan fingerprint density at radius 3 is 2.61 bits per heavy atom. The first-order valence-electron chi connectivity index (χ1n) is 14.1. The first kappa shape index (κ1) is 25.2. The number of hydrogen-bond acceptors (Lipinski definition) is 2. The van der Waals surface area contributed by atoms with E-state index in [0.717, 1.165) is 42.4 Å². The molecule has 0 amide bonds. The van der Waals surface area contributed by atoms with E-state index >= 15 is 0 Å². The molecule has 0 bridgehead atoms. The Morgan fingerprint density at radius 2 is 1.88 bits per heavy atom. The molecule has 9 atom stereocenters. The molecule has 4 aliphatic rings. The van der Waals surface area contributed by atoms with Crippen LogP contribution >= 0.6 is 0 Å². The Labute approximate surface area is 203 Å². The predicted molar refractivity (Wildman–Crippen MR) is 138 cm³/mol. The molecule has 186 valence electrons. The van der Waals surface area contributed by atoms with Gasteiger partial charge in [-0.15, -0.1) is 0 Å². The number of hydrogen-bond donors (Lipinski definition) is 1. The van der Waals surface area contributed by atoms with Crippen molar-refractivity contribution in [2.24, 2.45) is 46.3 Å². The zero-order valence-corrected chi connectivity index (χ0v) is 22.2. The molecule has 4 aliphatic carbocycles. The molecule has 0 aromatic carbocycles. The van der Waals surface area contributed by atoms with E-state index in [1.54, 1.807) is 5.57 Å². The minimum absolute atomic E-state index is 0.104. The minimum atomic E-state index is -0.104. The summed E-state index contributed by atoms with van der Waals surface area (Å²) in [4.78, 5) is 12.0. The number of carbonyl (C=O) groups excluding carboxylic acids is 1. The van der Waals surface area contributed by atoms with Gasteiger partial charge in [0, 0.05) is 6.42 Å². The van der Waals surface area contributed by atoms with Crippen LogP contribution in [0, 0.1) is 46.3 Å². The molecule has 0 aromatic rings. The number of fused-ring (bicyclic) bond motifs is 5. The highest BCUT2D eigenvalue weighted by atomic mass is 16.3. The average molecular weight is 455 g/mol. The molecule has 0 aliphatic heterocycles. The van der Waals surface area contributed by atoms with Gasteiger partial charge < -0.3 is 5.11 Å². The molecule has 0 radical (unpaired) electrons. The van der Waals surface area contributed by atoms with Crippen molar-refractivity contribution in [3.05, 3.63) is 23.8 Å². The average Bonchev–Trinajstić information content (AvgIpc) is 3.11. The van der Waals surface area contributed by atoms with E-state index in [0.29, 0.717) is 28.7 Å². The quantitative estimate of drug-likeness (QED) is 0.299. The van der Waals surface area contributed by atoms with Crippen molar-refractivity contribution in [3.8, 4) is 0 Å². The van der Waals surface area contributed by atoms with Gasteiger partial charge in [-0.1, -0.05) is 65.2 Å².